The van der Waals surface area contributed by atoms with Gasteiger partial charge < -0.3 is 5.11 Å². The highest BCUT2D eigenvalue weighted by atomic mass is 32.2. The van der Waals surface area contributed by atoms with Crippen LogP contribution in [-0.2, 0) is 10.0 Å². The lowest BCUT2D eigenvalue weighted by Crippen LogP contribution is -2.36. The van der Waals surface area contributed by atoms with Gasteiger partial charge in [0.05, 0.1) is 4.90 Å². The normalized spacial score (nSPS) is 11.9. The van der Waals surface area contributed by atoms with E-state index < -0.39 is 10.0 Å². The Morgan fingerprint density at radius 3 is 2.62 bits per heavy atom. The first-order valence-electron chi connectivity index (χ1n) is 6.47. The molecule has 116 valence electrons. The summed E-state index contributed by atoms with van der Waals surface area (Å²) in [5.41, 5.74) is 1.23. The van der Waals surface area contributed by atoms with Gasteiger partial charge in [-0.25, -0.2) is 13.1 Å². The first kappa shape index (κ1) is 18.1. The maximum atomic E-state index is 12.4. The fourth-order valence-electron chi connectivity index (χ4n) is 1.53. The molecule has 0 saturated heterocycles. The SMILES string of the molecule is CSC(C)(C)CNS(=O)(=O)c1cc(C#CCO)ccc1C. The van der Waals surface area contributed by atoms with E-state index in [2.05, 4.69) is 16.6 Å². The van der Waals surface area contributed by atoms with Gasteiger partial charge in [0.1, 0.15) is 6.61 Å². The summed E-state index contributed by atoms with van der Waals surface area (Å²) >= 11 is 1.60. The van der Waals surface area contributed by atoms with Gasteiger partial charge in [-0.15, -0.1) is 0 Å². The summed E-state index contributed by atoms with van der Waals surface area (Å²) in [4.78, 5) is 0.226. The molecular weight excluding hydrogens is 306 g/mol. The van der Waals surface area contributed by atoms with Crippen molar-refractivity contribution < 1.29 is 13.5 Å². The molecule has 0 aliphatic heterocycles. The Balaban J connectivity index is 3.07. The smallest absolute Gasteiger partial charge is 0.240 e. The molecule has 1 aromatic carbocycles. The van der Waals surface area contributed by atoms with Crippen LogP contribution in [0, 0.1) is 18.8 Å². The molecular formula is C15H21NO3S2. The molecule has 0 aromatic heterocycles. The highest BCUT2D eigenvalue weighted by molar-refractivity contribution is 8.00. The van der Waals surface area contributed by atoms with Crippen molar-refractivity contribution in [3.63, 3.8) is 0 Å². The van der Waals surface area contributed by atoms with Crippen molar-refractivity contribution in [3.05, 3.63) is 29.3 Å². The third-order valence-electron chi connectivity index (χ3n) is 3.03. The van der Waals surface area contributed by atoms with E-state index >= 15 is 0 Å². The molecule has 1 aromatic rings. The Hall–Kier alpha value is -1.00. The molecule has 0 heterocycles. The zero-order valence-electron chi connectivity index (χ0n) is 12.7. The Morgan fingerprint density at radius 1 is 1.38 bits per heavy atom. The molecule has 1 rings (SSSR count). The molecule has 0 aliphatic rings. The van der Waals surface area contributed by atoms with Crippen molar-refractivity contribution >= 4 is 21.8 Å². The van der Waals surface area contributed by atoms with Crippen LogP contribution >= 0.6 is 11.8 Å². The van der Waals surface area contributed by atoms with Gasteiger partial charge in [-0.05, 0) is 44.7 Å². The van der Waals surface area contributed by atoms with Crippen LogP contribution in [0.5, 0.6) is 0 Å². The van der Waals surface area contributed by atoms with Gasteiger partial charge in [0.15, 0.2) is 0 Å². The van der Waals surface area contributed by atoms with E-state index in [4.69, 9.17) is 5.11 Å². The maximum absolute atomic E-state index is 12.4. The van der Waals surface area contributed by atoms with E-state index in [1.807, 2.05) is 20.1 Å². The quantitative estimate of drug-likeness (QED) is 0.809. The van der Waals surface area contributed by atoms with E-state index in [9.17, 15) is 8.42 Å². The second kappa shape index (κ2) is 7.32. The van der Waals surface area contributed by atoms with Crippen molar-refractivity contribution in [1.29, 1.82) is 0 Å². The van der Waals surface area contributed by atoms with E-state index in [-0.39, 0.29) is 16.2 Å². The molecule has 0 unspecified atom stereocenters. The van der Waals surface area contributed by atoms with Gasteiger partial charge in [-0.2, -0.15) is 11.8 Å². The molecule has 0 atom stereocenters. The fourth-order valence-corrected chi connectivity index (χ4v) is 3.32. The van der Waals surface area contributed by atoms with Gasteiger partial charge in [-0.3, -0.25) is 0 Å². The second-order valence-electron chi connectivity index (χ2n) is 5.23. The summed E-state index contributed by atoms with van der Waals surface area (Å²) in [6.45, 7) is 5.81. The van der Waals surface area contributed by atoms with E-state index in [1.54, 1.807) is 30.8 Å². The highest BCUT2D eigenvalue weighted by Crippen LogP contribution is 2.22. The predicted molar refractivity (Wildman–Crippen MR) is 87.9 cm³/mol. The molecule has 0 spiro atoms. The summed E-state index contributed by atoms with van der Waals surface area (Å²) in [7, 11) is -3.58. The first-order valence-corrected chi connectivity index (χ1v) is 9.18. The first-order chi connectivity index (χ1) is 9.72. The van der Waals surface area contributed by atoms with Crippen LogP contribution in [0.2, 0.25) is 0 Å². The summed E-state index contributed by atoms with van der Waals surface area (Å²) in [5.74, 6) is 5.24. The van der Waals surface area contributed by atoms with Crippen LogP contribution in [0.3, 0.4) is 0 Å². The fraction of sp³-hybridized carbons (Fsp3) is 0.467. The van der Waals surface area contributed by atoms with Gasteiger partial charge in [-0.1, -0.05) is 17.9 Å². The monoisotopic (exact) mass is 327 g/mol. The van der Waals surface area contributed by atoms with Gasteiger partial charge in [0.2, 0.25) is 10.0 Å². The summed E-state index contributed by atoms with van der Waals surface area (Å²) < 4.78 is 27.3. The van der Waals surface area contributed by atoms with Crippen LogP contribution in [0.1, 0.15) is 25.0 Å². The summed E-state index contributed by atoms with van der Waals surface area (Å²) in [5, 5.41) is 8.71. The predicted octanol–water partition coefficient (Wildman–Crippen LogP) is 1.76. The topological polar surface area (TPSA) is 66.4 Å². The Morgan fingerprint density at radius 2 is 2.05 bits per heavy atom. The molecule has 0 fully saturated rings. The highest BCUT2D eigenvalue weighted by Gasteiger charge is 2.22. The average Bonchev–Trinajstić information content (AvgIpc) is 2.44. The van der Waals surface area contributed by atoms with Crippen LogP contribution in [-0.4, -0.2) is 37.7 Å². The van der Waals surface area contributed by atoms with Gasteiger partial charge in [0.25, 0.3) is 0 Å². The molecule has 0 aliphatic carbocycles. The molecule has 2 N–H and O–H groups in total. The molecule has 0 radical (unpaired) electrons. The number of nitrogens with one attached hydrogen (secondary N) is 1. The molecule has 6 heteroatoms. The molecule has 0 amide bonds. The minimum absolute atomic E-state index is 0.171. The van der Waals surface area contributed by atoms with Gasteiger partial charge >= 0.3 is 0 Å². The lowest BCUT2D eigenvalue weighted by molar-refractivity contribution is 0.350. The number of sulfonamides is 1. The van der Waals surface area contributed by atoms with Crippen molar-refractivity contribution in [2.45, 2.75) is 30.4 Å². The zero-order chi connectivity index (χ0) is 16.1. The number of aryl methyl sites for hydroxylation is 1. The number of rotatable bonds is 5. The zero-order valence-corrected chi connectivity index (χ0v) is 14.4. The molecule has 21 heavy (non-hydrogen) atoms. The number of hydrogen-bond acceptors (Lipinski definition) is 4. The Kier molecular flexibility index (Phi) is 6.29. The number of hydrogen-bond donors (Lipinski definition) is 2. The van der Waals surface area contributed by atoms with Crippen LogP contribution < -0.4 is 4.72 Å². The number of thioether (sulfide) groups is 1. The third-order valence-corrected chi connectivity index (χ3v) is 5.82. The van der Waals surface area contributed by atoms with Crippen LogP contribution in [0.25, 0.3) is 0 Å². The van der Waals surface area contributed by atoms with Crippen LogP contribution in [0.4, 0.5) is 0 Å². The second-order valence-corrected chi connectivity index (χ2v) is 8.48. The standard InChI is InChI=1S/C15H21NO3S2/c1-12-7-8-13(6-5-9-17)10-14(12)21(18,19)16-11-15(2,3)20-4/h7-8,10,16-17H,9,11H2,1-4H3. The Labute approximate surface area is 131 Å². The molecule has 0 bridgehead atoms. The lowest BCUT2D eigenvalue weighted by Gasteiger charge is -2.22. The van der Waals surface area contributed by atoms with E-state index in [0.717, 1.165) is 0 Å². The summed E-state index contributed by atoms with van der Waals surface area (Å²) in [6, 6.07) is 4.99. The minimum Gasteiger partial charge on any atom is -0.384 e. The third kappa shape index (κ3) is 5.36. The largest absolute Gasteiger partial charge is 0.384 e. The van der Waals surface area contributed by atoms with E-state index in [1.165, 1.54) is 6.07 Å². The van der Waals surface area contributed by atoms with E-state index in [0.29, 0.717) is 17.7 Å². The summed E-state index contributed by atoms with van der Waals surface area (Å²) in [6.07, 6.45) is 1.95. The van der Waals surface area contributed by atoms with Crippen molar-refractivity contribution in [1.82, 2.24) is 4.72 Å². The average molecular weight is 327 g/mol. The van der Waals surface area contributed by atoms with Crippen molar-refractivity contribution in [2.24, 2.45) is 0 Å². The van der Waals surface area contributed by atoms with Crippen molar-refractivity contribution in [3.8, 4) is 11.8 Å². The number of benzene rings is 1. The van der Waals surface area contributed by atoms with Crippen LogP contribution in [0.15, 0.2) is 23.1 Å². The van der Waals surface area contributed by atoms with Gasteiger partial charge in [0, 0.05) is 16.9 Å². The Bertz CT molecular complexity index is 655. The minimum atomic E-state index is -3.58. The molecule has 4 nitrogen and oxygen atoms in total. The molecule has 0 saturated carbocycles. The maximum Gasteiger partial charge on any atom is 0.240 e. The number of aliphatic hydroxyl groups excluding tert-OH is 1. The number of aliphatic hydroxyl groups is 1. The lowest BCUT2D eigenvalue weighted by atomic mass is 10.1. The van der Waals surface area contributed by atoms with Crippen molar-refractivity contribution in [2.75, 3.05) is 19.4 Å².